The lowest BCUT2D eigenvalue weighted by molar-refractivity contribution is 0.0945. The number of aromatic nitrogens is 4. The van der Waals surface area contributed by atoms with Gasteiger partial charge in [0.05, 0.1) is 18.5 Å². The summed E-state index contributed by atoms with van der Waals surface area (Å²) < 4.78 is 1.64. The van der Waals surface area contributed by atoms with E-state index >= 15 is 0 Å². The second-order valence-electron chi connectivity index (χ2n) is 6.47. The van der Waals surface area contributed by atoms with Gasteiger partial charge in [-0.25, -0.2) is 14.8 Å². The number of rotatable bonds is 6. The Morgan fingerprint density at radius 3 is 3.00 bits per heavy atom. The van der Waals surface area contributed by atoms with Gasteiger partial charge in [-0.2, -0.15) is 0 Å². The number of hydrogen-bond acceptors (Lipinski definition) is 5. The first-order valence-corrected chi connectivity index (χ1v) is 8.61. The molecule has 0 bridgehead atoms. The molecular formula is C18H19N5O3. The van der Waals surface area contributed by atoms with E-state index in [-0.39, 0.29) is 24.7 Å². The van der Waals surface area contributed by atoms with Crippen molar-refractivity contribution in [3.05, 3.63) is 46.5 Å². The summed E-state index contributed by atoms with van der Waals surface area (Å²) in [6.45, 7) is 0.761. The van der Waals surface area contributed by atoms with Gasteiger partial charge in [-0.05, 0) is 30.9 Å². The van der Waals surface area contributed by atoms with E-state index in [0.717, 1.165) is 18.4 Å². The van der Waals surface area contributed by atoms with Gasteiger partial charge in [0.25, 0.3) is 5.91 Å². The number of H-pyrrole nitrogens is 1. The van der Waals surface area contributed by atoms with Gasteiger partial charge in [-0.15, -0.1) is 0 Å². The summed E-state index contributed by atoms with van der Waals surface area (Å²) in [7, 11) is 0. The van der Waals surface area contributed by atoms with Gasteiger partial charge in [-0.1, -0.05) is 12.1 Å². The monoisotopic (exact) mass is 353 g/mol. The summed E-state index contributed by atoms with van der Waals surface area (Å²) in [5.41, 5.74) is 2.59. The van der Waals surface area contributed by atoms with Crippen LogP contribution in [0.15, 0.2) is 35.3 Å². The molecule has 0 saturated heterocycles. The molecule has 2 heterocycles. The van der Waals surface area contributed by atoms with Crippen LogP contribution >= 0.6 is 0 Å². The normalized spacial score (nSPS) is 13.9. The second-order valence-corrected chi connectivity index (χ2v) is 6.47. The predicted octanol–water partition coefficient (Wildman–Crippen LogP) is 0.919. The van der Waals surface area contributed by atoms with Crippen molar-refractivity contribution in [3.63, 3.8) is 0 Å². The maximum absolute atomic E-state index is 12.1. The predicted molar refractivity (Wildman–Crippen MR) is 95.7 cm³/mol. The molecule has 1 amide bonds. The quantitative estimate of drug-likeness (QED) is 0.610. The number of nitrogens with one attached hydrogen (secondary N) is 2. The smallest absolute Gasteiger partial charge is 0.328 e. The van der Waals surface area contributed by atoms with E-state index in [1.54, 1.807) is 29.0 Å². The third-order valence-corrected chi connectivity index (χ3v) is 4.43. The molecule has 0 aliphatic heterocycles. The van der Waals surface area contributed by atoms with Crippen molar-refractivity contribution in [2.24, 2.45) is 5.92 Å². The van der Waals surface area contributed by atoms with Gasteiger partial charge in [0, 0.05) is 24.2 Å². The number of fused-ring (bicyclic) bond motifs is 1. The van der Waals surface area contributed by atoms with Crippen molar-refractivity contribution in [2.45, 2.75) is 19.4 Å². The average molecular weight is 353 g/mol. The van der Waals surface area contributed by atoms with E-state index < -0.39 is 0 Å². The van der Waals surface area contributed by atoms with Crippen molar-refractivity contribution in [1.29, 1.82) is 0 Å². The number of amides is 1. The Hall–Kier alpha value is -3.00. The molecule has 3 aromatic rings. The molecular weight excluding hydrogens is 334 g/mol. The maximum Gasteiger partial charge on any atom is 0.328 e. The zero-order valence-electron chi connectivity index (χ0n) is 14.1. The summed E-state index contributed by atoms with van der Waals surface area (Å²) in [5.74, 6) is 0.293. The minimum atomic E-state index is -0.265. The van der Waals surface area contributed by atoms with E-state index in [9.17, 15) is 9.59 Å². The zero-order valence-corrected chi connectivity index (χ0v) is 14.1. The molecule has 1 aliphatic carbocycles. The van der Waals surface area contributed by atoms with Crippen LogP contribution < -0.4 is 11.0 Å². The van der Waals surface area contributed by atoms with E-state index in [0.29, 0.717) is 35.0 Å². The van der Waals surface area contributed by atoms with Crippen LogP contribution in [0, 0.1) is 5.92 Å². The van der Waals surface area contributed by atoms with E-state index in [1.165, 1.54) is 0 Å². The molecule has 1 saturated carbocycles. The van der Waals surface area contributed by atoms with Crippen molar-refractivity contribution >= 4 is 17.2 Å². The first kappa shape index (κ1) is 16.5. The Labute approximate surface area is 148 Å². The molecule has 0 spiro atoms. The number of aliphatic hydroxyl groups is 1. The van der Waals surface area contributed by atoms with Crippen molar-refractivity contribution in [2.75, 3.05) is 13.2 Å². The Kier molecular flexibility index (Phi) is 4.26. The van der Waals surface area contributed by atoms with Gasteiger partial charge in [-0.3, -0.25) is 14.3 Å². The summed E-state index contributed by atoms with van der Waals surface area (Å²) >= 11 is 0. The van der Waals surface area contributed by atoms with Crippen molar-refractivity contribution in [1.82, 2.24) is 24.8 Å². The molecule has 3 N–H and O–H groups in total. The number of imidazole rings is 1. The first-order chi connectivity index (χ1) is 12.7. The third kappa shape index (κ3) is 3.23. The van der Waals surface area contributed by atoms with Crippen LogP contribution in [0.3, 0.4) is 0 Å². The highest BCUT2D eigenvalue weighted by molar-refractivity contribution is 5.95. The number of carbonyl (C=O) groups excluding carboxylic acids is 1. The lowest BCUT2D eigenvalue weighted by Crippen LogP contribution is -2.26. The summed E-state index contributed by atoms with van der Waals surface area (Å²) in [5, 5.41) is 11.4. The number of aliphatic hydroxyl groups excluding tert-OH is 1. The van der Waals surface area contributed by atoms with Crippen molar-refractivity contribution in [3.8, 4) is 11.3 Å². The average Bonchev–Trinajstić information content (AvgIpc) is 3.43. The molecule has 4 rings (SSSR count). The number of carbonyl (C=O) groups is 1. The fourth-order valence-corrected chi connectivity index (χ4v) is 2.89. The highest BCUT2D eigenvalue weighted by Crippen LogP contribution is 2.30. The van der Waals surface area contributed by atoms with E-state index in [2.05, 4.69) is 20.3 Å². The fraction of sp³-hybridized carbons (Fsp3) is 0.333. The standard InChI is InChI=1S/C18H19N5O3/c24-7-6-19-17(25)13-3-1-2-12(8-13)14-9-20-16-15(21-14)22-18(26)23(16)10-11-4-5-11/h1-3,8-9,11,24H,4-7,10H2,(H,19,25)(H,21,22,26). The number of aromatic amines is 1. The molecule has 1 aromatic carbocycles. The van der Waals surface area contributed by atoms with Crippen LogP contribution in [0.5, 0.6) is 0 Å². The Balaban J connectivity index is 1.66. The van der Waals surface area contributed by atoms with Crippen molar-refractivity contribution < 1.29 is 9.90 Å². The molecule has 0 unspecified atom stereocenters. The SMILES string of the molecule is O=C(NCCO)c1cccc(-c2cnc3c(n2)[nH]c(=O)n3CC2CC2)c1. The lowest BCUT2D eigenvalue weighted by Gasteiger charge is -2.06. The van der Waals surface area contributed by atoms with Crippen LogP contribution in [0.25, 0.3) is 22.6 Å². The second kappa shape index (κ2) is 6.72. The minimum absolute atomic E-state index is 0.112. The maximum atomic E-state index is 12.1. The van der Waals surface area contributed by atoms with Crippen LogP contribution in [-0.2, 0) is 6.54 Å². The minimum Gasteiger partial charge on any atom is -0.395 e. The van der Waals surface area contributed by atoms with Gasteiger partial charge < -0.3 is 10.4 Å². The Morgan fingerprint density at radius 1 is 1.38 bits per heavy atom. The summed E-state index contributed by atoms with van der Waals surface area (Å²) in [6, 6.07) is 6.99. The van der Waals surface area contributed by atoms with E-state index in [4.69, 9.17) is 5.11 Å². The molecule has 134 valence electrons. The summed E-state index contributed by atoms with van der Waals surface area (Å²) in [4.78, 5) is 35.9. The van der Waals surface area contributed by atoms with Gasteiger partial charge >= 0.3 is 5.69 Å². The molecule has 0 atom stereocenters. The molecule has 2 aromatic heterocycles. The third-order valence-electron chi connectivity index (χ3n) is 4.43. The fourth-order valence-electron chi connectivity index (χ4n) is 2.89. The topological polar surface area (TPSA) is 113 Å². The number of hydrogen-bond donors (Lipinski definition) is 3. The molecule has 1 fully saturated rings. The van der Waals surface area contributed by atoms with Gasteiger partial charge in [0.15, 0.2) is 11.3 Å². The van der Waals surface area contributed by atoms with Crippen LogP contribution in [0.4, 0.5) is 0 Å². The van der Waals surface area contributed by atoms with Gasteiger partial charge in [0.2, 0.25) is 0 Å². The largest absolute Gasteiger partial charge is 0.395 e. The highest BCUT2D eigenvalue weighted by Gasteiger charge is 2.24. The lowest BCUT2D eigenvalue weighted by atomic mass is 10.1. The number of benzene rings is 1. The van der Waals surface area contributed by atoms with Gasteiger partial charge in [0.1, 0.15) is 0 Å². The molecule has 1 aliphatic rings. The first-order valence-electron chi connectivity index (χ1n) is 8.61. The molecule has 26 heavy (non-hydrogen) atoms. The number of nitrogens with zero attached hydrogens (tertiary/aromatic N) is 3. The summed E-state index contributed by atoms with van der Waals surface area (Å²) in [6.07, 6.45) is 3.91. The zero-order chi connectivity index (χ0) is 18.1. The van der Waals surface area contributed by atoms with Crippen LogP contribution in [0.2, 0.25) is 0 Å². The molecule has 0 radical (unpaired) electrons. The molecule has 8 heteroatoms. The van der Waals surface area contributed by atoms with Crippen LogP contribution in [0.1, 0.15) is 23.2 Å². The van der Waals surface area contributed by atoms with E-state index in [1.807, 2.05) is 6.07 Å². The Morgan fingerprint density at radius 2 is 2.23 bits per heavy atom. The Bertz CT molecular complexity index is 1020. The molecule has 8 nitrogen and oxygen atoms in total. The highest BCUT2D eigenvalue weighted by atomic mass is 16.3. The van der Waals surface area contributed by atoms with Crippen LogP contribution in [-0.4, -0.2) is 43.7 Å².